The summed E-state index contributed by atoms with van der Waals surface area (Å²) in [4.78, 5) is 2.39. The Bertz CT molecular complexity index is 932. The summed E-state index contributed by atoms with van der Waals surface area (Å²) in [5.41, 5.74) is -0.545. The topological polar surface area (TPSA) is 99.6 Å². The van der Waals surface area contributed by atoms with E-state index in [1.807, 2.05) is 0 Å². The average Bonchev–Trinajstić information content (AvgIpc) is 3.10. The quantitative estimate of drug-likeness (QED) is 0.582. The summed E-state index contributed by atoms with van der Waals surface area (Å²) in [6, 6.07) is 5.63. The fourth-order valence-electron chi connectivity index (χ4n) is 3.34. The van der Waals surface area contributed by atoms with Crippen molar-refractivity contribution in [2.45, 2.75) is 22.8 Å². The predicted molar refractivity (Wildman–Crippen MR) is 82.0 cm³/mol. The Labute approximate surface area is 137 Å². The number of hydrogen-bond acceptors (Lipinski definition) is 5. The van der Waals surface area contributed by atoms with Gasteiger partial charge in [0.15, 0.2) is 11.8 Å². The monoisotopic (exact) mass is 353 g/mol. The lowest BCUT2D eigenvalue weighted by atomic mass is 9.98. The molecule has 2 unspecified atom stereocenters. The van der Waals surface area contributed by atoms with E-state index in [1.165, 1.54) is 24.3 Å². The first kappa shape index (κ1) is 14.6. The van der Waals surface area contributed by atoms with Crippen molar-refractivity contribution in [3.63, 3.8) is 0 Å². The molecule has 0 saturated heterocycles. The van der Waals surface area contributed by atoms with Crippen molar-refractivity contribution >= 4 is 21.7 Å². The summed E-state index contributed by atoms with van der Waals surface area (Å²) in [6.45, 7) is 0. The molecule has 1 aromatic heterocycles. The van der Waals surface area contributed by atoms with Gasteiger partial charge in [-0.1, -0.05) is 17.7 Å². The number of halogens is 1. The molecule has 2 aliphatic rings. The van der Waals surface area contributed by atoms with Crippen LogP contribution in [0, 0.1) is 0 Å². The molecule has 2 atom stereocenters. The highest BCUT2D eigenvalue weighted by Gasteiger charge is 2.53. The van der Waals surface area contributed by atoms with Crippen LogP contribution >= 0.6 is 11.6 Å². The summed E-state index contributed by atoms with van der Waals surface area (Å²) in [5, 5.41) is 20.3. The zero-order valence-electron chi connectivity index (χ0n) is 11.7. The van der Waals surface area contributed by atoms with Gasteiger partial charge in [0.2, 0.25) is 0 Å². The minimum Gasteiger partial charge on any atom is -0.494 e. The van der Waals surface area contributed by atoms with Gasteiger partial charge < -0.3 is 10.2 Å². The van der Waals surface area contributed by atoms with Gasteiger partial charge in [0.25, 0.3) is 10.1 Å². The fourth-order valence-corrected chi connectivity index (χ4v) is 4.63. The predicted octanol–water partition coefficient (Wildman–Crippen LogP) is 2.74. The number of rotatable bonds is 3. The molecular weight excluding hydrogens is 342 g/mol. The second-order valence-electron chi connectivity index (χ2n) is 5.66. The van der Waals surface area contributed by atoms with Gasteiger partial charge in [-0.25, -0.2) is 0 Å². The van der Waals surface area contributed by atoms with Crippen molar-refractivity contribution in [3.05, 3.63) is 52.6 Å². The maximum absolute atomic E-state index is 12.6. The lowest BCUT2D eigenvalue weighted by Crippen LogP contribution is -2.27. The minimum atomic E-state index is -4.07. The third kappa shape index (κ3) is 2.00. The van der Waals surface area contributed by atoms with Crippen LogP contribution in [0.5, 0.6) is 11.8 Å². The molecule has 0 fully saturated rings. The van der Waals surface area contributed by atoms with Crippen LogP contribution in [0.1, 0.15) is 23.5 Å². The third-order valence-electron chi connectivity index (χ3n) is 4.27. The van der Waals surface area contributed by atoms with Gasteiger partial charge in [-0.15, -0.1) is 0 Å². The van der Waals surface area contributed by atoms with Crippen LogP contribution in [0.25, 0.3) is 0 Å². The first-order valence-electron chi connectivity index (χ1n) is 6.87. The minimum absolute atomic E-state index is 0.0270. The van der Waals surface area contributed by atoms with Crippen molar-refractivity contribution < 1.29 is 22.8 Å². The van der Waals surface area contributed by atoms with E-state index in [0.717, 1.165) is 0 Å². The molecule has 2 bridgehead atoms. The largest absolute Gasteiger partial charge is 0.494 e. The Morgan fingerprint density at radius 1 is 1.22 bits per heavy atom. The molecule has 0 amide bonds. The van der Waals surface area contributed by atoms with Crippen LogP contribution in [0.15, 0.2) is 41.3 Å². The highest BCUT2D eigenvalue weighted by atomic mass is 35.5. The number of aromatic hydroxyl groups is 2. The smallest absolute Gasteiger partial charge is 0.298 e. The summed E-state index contributed by atoms with van der Waals surface area (Å²) in [5.74, 6) is -0.639. The number of aromatic nitrogens is 1. The van der Waals surface area contributed by atoms with Gasteiger partial charge in [-0.2, -0.15) is 8.42 Å². The SMILES string of the molecule is O=S(=O)(OC12C=CC(C1)c1c(O)[nH]c(O)c12)c1ccc(Cl)cc1. The molecule has 4 rings (SSSR count). The Hall–Kier alpha value is -1.96. The van der Waals surface area contributed by atoms with Crippen molar-refractivity contribution in [2.24, 2.45) is 0 Å². The molecule has 3 N–H and O–H groups in total. The van der Waals surface area contributed by atoms with Crippen LogP contribution < -0.4 is 0 Å². The number of hydrogen-bond donors (Lipinski definition) is 3. The van der Waals surface area contributed by atoms with Crippen molar-refractivity contribution in [2.75, 3.05) is 0 Å². The summed E-state index contributed by atoms with van der Waals surface area (Å²) in [7, 11) is -4.07. The maximum atomic E-state index is 12.6. The number of fused-ring (bicyclic) bond motifs is 5. The van der Waals surface area contributed by atoms with Gasteiger partial charge in [-0.3, -0.25) is 9.17 Å². The zero-order chi connectivity index (χ0) is 16.4. The Morgan fingerprint density at radius 3 is 2.61 bits per heavy atom. The van der Waals surface area contributed by atoms with Gasteiger partial charge >= 0.3 is 0 Å². The van der Waals surface area contributed by atoms with E-state index in [1.54, 1.807) is 12.2 Å². The van der Waals surface area contributed by atoms with E-state index >= 15 is 0 Å². The standard InChI is InChI=1S/C15H12ClNO5S/c16-9-1-3-10(4-2-9)23(20,21)22-15-6-5-8(7-15)11-12(15)14(19)17-13(11)18/h1-6,8,17-19H,7H2. The maximum Gasteiger partial charge on any atom is 0.298 e. The Balaban J connectivity index is 1.78. The molecule has 1 aromatic carbocycles. The summed E-state index contributed by atoms with van der Waals surface area (Å²) < 4.78 is 30.6. The van der Waals surface area contributed by atoms with E-state index in [0.29, 0.717) is 17.0 Å². The number of benzene rings is 1. The van der Waals surface area contributed by atoms with E-state index in [2.05, 4.69) is 4.98 Å². The van der Waals surface area contributed by atoms with Crippen LogP contribution in [0.4, 0.5) is 0 Å². The van der Waals surface area contributed by atoms with Crippen LogP contribution in [-0.4, -0.2) is 23.6 Å². The summed E-state index contributed by atoms with van der Waals surface area (Å²) in [6.07, 6.45) is 3.70. The van der Waals surface area contributed by atoms with Crippen molar-refractivity contribution in [3.8, 4) is 11.8 Å². The number of allylic oxidation sites excluding steroid dienone is 1. The van der Waals surface area contributed by atoms with Crippen LogP contribution in [0.3, 0.4) is 0 Å². The zero-order valence-corrected chi connectivity index (χ0v) is 13.2. The second kappa shape index (κ2) is 4.53. The molecular formula is C15H12ClNO5S. The molecule has 6 nitrogen and oxygen atoms in total. The van der Waals surface area contributed by atoms with E-state index in [4.69, 9.17) is 15.8 Å². The average molecular weight is 354 g/mol. The lowest BCUT2D eigenvalue weighted by molar-refractivity contribution is 0.132. The van der Waals surface area contributed by atoms with E-state index in [-0.39, 0.29) is 28.1 Å². The molecule has 1 heterocycles. The molecule has 0 aliphatic heterocycles. The number of nitrogens with one attached hydrogen (secondary N) is 1. The van der Waals surface area contributed by atoms with Crippen molar-refractivity contribution in [1.82, 2.24) is 4.98 Å². The molecule has 23 heavy (non-hydrogen) atoms. The molecule has 0 radical (unpaired) electrons. The van der Waals surface area contributed by atoms with Gasteiger partial charge in [0.05, 0.1) is 10.5 Å². The lowest BCUT2D eigenvalue weighted by Gasteiger charge is -2.24. The van der Waals surface area contributed by atoms with E-state index in [9.17, 15) is 18.6 Å². The fraction of sp³-hybridized carbons (Fsp3) is 0.200. The number of H-pyrrole nitrogens is 1. The molecule has 0 saturated carbocycles. The first-order chi connectivity index (χ1) is 10.8. The number of aromatic amines is 1. The second-order valence-corrected chi connectivity index (χ2v) is 7.64. The molecule has 120 valence electrons. The molecule has 2 aliphatic carbocycles. The van der Waals surface area contributed by atoms with Gasteiger partial charge in [0, 0.05) is 16.5 Å². The van der Waals surface area contributed by atoms with Crippen LogP contribution in [-0.2, 0) is 19.9 Å². The van der Waals surface area contributed by atoms with Crippen molar-refractivity contribution in [1.29, 1.82) is 0 Å². The third-order valence-corrected chi connectivity index (χ3v) is 5.89. The summed E-state index contributed by atoms with van der Waals surface area (Å²) >= 11 is 5.77. The van der Waals surface area contributed by atoms with Gasteiger partial charge in [-0.05, 0) is 36.8 Å². The molecule has 2 aromatic rings. The van der Waals surface area contributed by atoms with E-state index < -0.39 is 15.7 Å². The molecule has 0 spiro atoms. The van der Waals surface area contributed by atoms with Crippen LogP contribution in [0.2, 0.25) is 5.02 Å². The highest BCUT2D eigenvalue weighted by Crippen LogP contribution is 2.59. The first-order valence-corrected chi connectivity index (χ1v) is 8.66. The van der Waals surface area contributed by atoms with Gasteiger partial charge in [0.1, 0.15) is 5.60 Å². The molecule has 8 heteroatoms. The Morgan fingerprint density at radius 2 is 1.91 bits per heavy atom. The normalized spacial score (nSPS) is 25.0. The Kier molecular flexibility index (Phi) is 2.88. The highest BCUT2D eigenvalue weighted by molar-refractivity contribution is 7.86.